The molecule has 3 atom stereocenters. The third-order valence-electron chi connectivity index (χ3n) is 6.35. The minimum Gasteiger partial charge on any atom is -0.481 e. The summed E-state index contributed by atoms with van der Waals surface area (Å²) in [5.74, 6) is 0.342. The predicted molar refractivity (Wildman–Crippen MR) is 90.5 cm³/mol. The van der Waals surface area contributed by atoms with Gasteiger partial charge in [-0.05, 0) is 37.5 Å². The van der Waals surface area contributed by atoms with Crippen molar-refractivity contribution in [3.8, 4) is 0 Å². The number of rotatable bonds is 5. The van der Waals surface area contributed by atoms with Crippen LogP contribution in [0, 0.1) is 23.7 Å². The monoisotopic (exact) mass is 337 g/mol. The van der Waals surface area contributed by atoms with Crippen LogP contribution in [0.2, 0.25) is 0 Å². The van der Waals surface area contributed by atoms with Crippen molar-refractivity contribution in [2.75, 3.05) is 19.7 Å². The molecule has 0 radical (unpaired) electrons. The third kappa shape index (κ3) is 3.93. The van der Waals surface area contributed by atoms with Crippen molar-refractivity contribution >= 4 is 11.9 Å². The van der Waals surface area contributed by atoms with Crippen molar-refractivity contribution in [2.24, 2.45) is 23.7 Å². The number of likely N-dealkylation sites (tertiary alicyclic amines) is 1. The molecule has 136 valence electrons. The average Bonchev–Trinajstić information content (AvgIpc) is 3.25. The van der Waals surface area contributed by atoms with E-state index in [4.69, 9.17) is 4.74 Å². The summed E-state index contributed by atoms with van der Waals surface area (Å²) in [7, 11) is 0. The van der Waals surface area contributed by atoms with Gasteiger partial charge in [-0.2, -0.15) is 0 Å². The topological polar surface area (TPSA) is 66.8 Å². The van der Waals surface area contributed by atoms with Crippen LogP contribution in [0.25, 0.3) is 0 Å². The Balaban J connectivity index is 1.47. The second kappa shape index (κ2) is 7.85. The zero-order valence-electron chi connectivity index (χ0n) is 14.8. The molecule has 0 aromatic carbocycles. The molecule has 2 heterocycles. The van der Waals surface area contributed by atoms with Crippen LogP contribution >= 0.6 is 0 Å². The number of hydrogen-bond donors (Lipinski definition) is 1. The lowest BCUT2D eigenvalue weighted by molar-refractivity contribution is -0.146. The lowest BCUT2D eigenvalue weighted by Gasteiger charge is -2.36. The maximum absolute atomic E-state index is 12.7. The van der Waals surface area contributed by atoms with E-state index in [1.807, 2.05) is 4.90 Å². The van der Waals surface area contributed by atoms with Crippen molar-refractivity contribution in [3.05, 3.63) is 0 Å². The summed E-state index contributed by atoms with van der Waals surface area (Å²) in [6.07, 6.45) is 8.46. The minimum absolute atomic E-state index is 0.124. The first-order valence-corrected chi connectivity index (χ1v) is 9.69. The lowest BCUT2D eigenvalue weighted by Crippen LogP contribution is -2.45. The zero-order valence-corrected chi connectivity index (χ0v) is 14.8. The van der Waals surface area contributed by atoms with Crippen molar-refractivity contribution in [1.82, 2.24) is 4.90 Å². The number of carbonyl (C=O) groups is 2. The summed E-state index contributed by atoms with van der Waals surface area (Å²) in [4.78, 5) is 26.0. The zero-order chi connectivity index (χ0) is 17.1. The van der Waals surface area contributed by atoms with Crippen LogP contribution in [-0.4, -0.2) is 47.7 Å². The highest BCUT2D eigenvalue weighted by molar-refractivity contribution is 5.78. The molecular formula is C19H31NO4. The first-order valence-electron chi connectivity index (χ1n) is 9.69. The molecule has 2 unspecified atom stereocenters. The quantitative estimate of drug-likeness (QED) is 0.837. The van der Waals surface area contributed by atoms with Gasteiger partial charge < -0.3 is 14.7 Å². The number of carboxylic acids is 1. The van der Waals surface area contributed by atoms with Gasteiger partial charge in [0, 0.05) is 25.6 Å². The van der Waals surface area contributed by atoms with Gasteiger partial charge in [-0.1, -0.05) is 32.6 Å². The van der Waals surface area contributed by atoms with Gasteiger partial charge in [-0.15, -0.1) is 0 Å². The number of hydrogen-bond acceptors (Lipinski definition) is 3. The van der Waals surface area contributed by atoms with E-state index >= 15 is 0 Å². The van der Waals surface area contributed by atoms with Gasteiger partial charge >= 0.3 is 5.97 Å². The van der Waals surface area contributed by atoms with Gasteiger partial charge in [0.2, 0.25) is 5.91 Å². The highest BCUT2D eigenvalue weighted by Gasteiger charge is 2.41. The second-order valence-electron chi connectivity index (χ2n) is 8.02. The van der Waals surface area contributed by atoms with E-state index in [2.05, 4.69) is 6.92 Å². The van der Waals surface area contributed by atoms with Crippen LogP contribution in [0.5, 0.6) is 0 Å². The van der Waals surface area contributed by atoms with Crippen LogP contribution in [0.3, 0.4) is 0 Å². The van der Waals surface area contributed by atoms with E-state index in [0.29, 0.717) is 18.9 Å². The normalized spacial score (nSPS) is 30.6. The third-order valence-corrected chi connectivity index (χ3v) is 6.35. The Kier molecular flexibility index (Phi) is 5.80. The minimum atomic E-state index is -0.735. The summed E-state index contributed by atoms with van der Waals surface area (Å²) in [5, 5.41) is 9.32. The summed E-state index contributed by atoms with van der Waals surface area (Å²) < 4.78 is 5.71. The molecular weight excluding hydrogens is 306 g/mol. The van der Waals surface area contributed by atoms with E-state index in [9.17, 15) is 14.7 Å². The Morgan fingerprint density at radius 2 is 1.79 bits per heavy atom. The molecule has 3 rings (SSSR count). The number of carbonyl (C=O) groups excluding carboxylic acids is 1. The highest BCUT2D eigenvalue weighted by atomic mass is 16.5. The van der Waals surface area contributed by atoms with Gasteiger partial charge in [-0.3, -0.25) is 9.59 Å². The highest BCUT2D eigenvalue weighted by Crippen LogP contribution is 2.34. The number of nitrogens with zero attached hydrogens (tertiary/aromatic N) is 1. The Hall–Kier alpha value is -1.10. The molecule has 1 aliphatic carbocycles. The molecule has 2 aliphatic heterocycles. The molecule has 0 bridgehead atoms. The van der Waals surface area contributed by atoms with Crippen molar-refractivity contribution < 1.29 is 19.4 Å². The lowest BCUT2D eigenvalue weighted by atomic mass is 9.84. The number of ether oxygens (including phenoxy) is 1. The maximum atomic E-state index is 12.7. The first kappa shape index (κ1) is 17.7. The molecule has 0 aromatic heterocycles. The largest absolute Gasteiger partial charge is 0.481 e. The summed E-state index contributed by atoms with van der Waals surface area (Å²) in [6.45, 7) is 4.14. The van der Waals surface area contributed by atoms with Gasteiger partial charge in [0.1, 0.15) is 0 Å². The van der Waals surface area contributed by atoms with E-state index < -0.39 is 5.97 Å². The molecule has 24 heavy (non-hydrogen) atoms. The fraction of sp³-hybridized carbons (Fsp3) is 0.895. The number of aliphatic carboxylic acids is 1. The fourth-order valence-corrected chi connectivity index (χ4v) is 4.95. The molecule has 0 aromatic rings. The van der Waals surface area contributed by atoms with Crippen molar-refractivity contribution in [2.45, 2.75) is 64.4 Å². The Morgan fingerprint density at radius 3 is 2.42 bits per heavy atom. The molecule has 3 aliphatic rings. The van der Waals surface area contributed by atoms with Gasteiger partial charge in [0.15, 0.2) is 0 Å². The maximum Gasteiger partial charge on any atom is 0.309 e. The Labute approximate surface area is 144 Å². The van der Waals surface area contributed by atoms with Gasteiger partial charge in [0.25, 0.3) is 0 Å². The molecule has 5 nitrogen and oxygen atoms in total. The van der Waals surface area contributed by atoms with Crippen LogP contribution in [0.4, 0.5) is 0 Å². The van der Waals surface area contributed by atoms with Crippen molar-refractivity contribution in [3.63, 3.8) is 0 Å². The first-order chi connectivity index (χ1) is 11.6. The molecule has 0 spiro atoms. The van der Waals surface area contributed by atoms with Gasteiger partial charge in [0.05, 0.1) is 12.0 Å². The Morgan fingerprint density at radius 1 is 1.12 bits per heavy atom. The smallest absolute Gasteiger partial charge is 0.309 e. The molecule has 2 saturated heterocycles. The number of carboxylic acid groups (broad SMARTS) is 1. The van der Waals surface area contributed by atoms with E-state index in [-0.39, 0.29) is 23.9 Å². The molecule has 1 amide bonds. The van der Waals surface area contributed by atoms with Crippen LogP contribution in [-0.2, 0) is 14.3 Å². The summed E-state index contributed by atoms with van der Waals surface area (Å²) in [5.41, 5.74) is 0. The van der Waals surface area contributed by atoms with Crippen LogP contribution in [0.1, 0.15) is 58.3 Å². The Bertz CT molecular complexity index is 452. The molecule has 3 fully saturated rings. The molecule has 1 N–H and O–H groups in total. The van der Waals surface area contributed by atoms with Crippen LogP contribution < -0.4 is 0 Å². The van der Waals surface area contributed by atoms with Crippen LogP contribution in [0.15, 0.2) is 0 Å². The molecule has 1 saturated carbocycles. The van der Waals surface area contributed by atoms with E-state index in [1.54, 1.807) is 0 Å². The summed E-state index contributed by atoms with van der Waals surface area (Å²) >= 11 is 0. The molecule has 5 heteroatoms. The van der Waals surface area contributed by atoms with E-state index in [0.717, 1.165) is 38.3 Å². The average molecular weight is 337 g/mol. The van der Waals surface area contributed by atoms with E-state index in [1.165, 1.54) is 25.7 Å². The standard InChI is InChI=1S/C19H31NO4/c1-13(12-14-4-2-3-5-14)18(21)20-9-6-15(7-10-20)17-16(19(22)23)8-11-24-17/h13-17H,2-12H2,1H3,(H,22,23)/t13?,16?,17-/m0/s1. The second-order valence-corrected chi connectivity index (χ2v) is 8.02. The summed E-state index contributed by atoms with van der Waals surface area (Å²) in [6, 6.07) is 0. The van der Waals surface area contributed by atoms with Crippen molar-refractivity contribution in [1.29, 1.82) is 0 Å². The predicted octanol–water partition coefficient (Wildman–Crippen LogP) is 2.93. The SMILES string of the molecule is CC(CC1CCCC1)C(=O)N1CCC([C@@H]2OCCC2C(=O)O)CC1. The van der Waals surface area contributed by atoms with Gasteiger partial charge in [-0.25, -0.2) is 0 Å². The fourth-order valence-electron chi connectivity index (χ4n) is 4.95. The number of amides is 1. The number of piperidine rings is 1.